The van der Waals surface area contributed by atoms with Crippen molar-refractivity contribution in [1.29, 1.82) is 0 Å². The van der Waals surface area contributed by atoms with E-state index in [1.807, 2.05) is 25.1 Å². The number of nitrogens with zero attached hydrogens (tertiary/aromatic N) is 1. The lowest BCUT2D eigenvalue weighted by molar-refractivity contribution is -0.119. The van der Waals surface area contributed by atoms with E-state index in [2.05, 4.69) is 44.3 Å². The lowest BCUT2D eigenvalue weighted by Gasteiger charge is -2.24. The summed E-state index contributed by atoms with van der Waals surface area (Å²) in [6.45, 7) is 8.34. The van der Waals surface area contributed by atoms with Gasteiger partial charge in [-0.1, -0.05) is 73.5 Å². The van der Waals surface area contributed by atoms with Gasteiger partial charge in [0.2, 0.25) is 5.91 Å². The molecule has 5 nitrogen and oxygen atoms in total. The molecule has 3 aromatic rings. The highest BCUT2D eigenvalue weighted by Gasteiger charge is 2.27. The molecule has 0 atom stereocenters. The van der Waals surface area contributed by atoms with E-state index in [0.717, 1.165) is 24.0 Å². The van der Waals surface area contributed by atoms with Crippen molar-refractivity contribution in [3.8, 4) is 0 Å². The molecule has 6 heteroatoms. The summed E-state index contributed by atoms with van der Waals surface area (Å²) in [7, 11) is -3.90. The average molecular weight is 479 g/mol. The van der Waals surface area contributed by atoms with Gasteiger partial charge in [0.15, 0.2) is 0 Å². The number of anilines is 1. The number of rotatable bonds is 10. The first-order chi connectivity index (χ1) is 16.2. The standard InChI is InChI=1S/C28H34N2O3S/c1-21(2)25-12-14-26(15-13-25)30(34(32,33)27-16-10-22(3)11-17-27)20-28(31)29-18-6-9-24-8-5-7-23(4)19-24/h5,7-8,10-17,19,21H,6,9,18,20H2,1-4H3,(H,29,31). The minimum Gasteiger partial charge on any atom is -0.355 e. The van der Waals surface area contributed by atoms with E-state index in [-0.39, 0.29) is 17.3 Å². The number of carbonyl (C=O) groups excluding carboxylic acids is 1. The topological polar surface area (TPSA) is 66.5 Å². The molecule has 0 aliphatic heterocycles. The molecule has 0 aliphatic rings. The predicted molar refractivity (Wildman–Crippen MR) is 139 cm³/mol. The lowest BCUT2D eigenvalue weighted by atomic mass is 10.0. The molecule has 34 heavy (non-hydrogen) atoms. The third-order valence-electron chi connectivity index (χ3n) is 5.79. The van der Waals surface area contributed by atoms with Crippen LogP contribution in [0.3, 0.4) is 0 Å². The number of carbonyl (C=O) groups is 1. The molecule has 0 unspecified atom stereocenters. The highest BCUT2D eigenvalue weighted by Crippen LogP contribution is 2.26. The molecule has 0 saturated heterocycles. The van der Waals surface area contributed by atoms with Gasteiger partial charge in [-0.15, -0.1) is 0 Å². The average Bonchev–Trinajstić information content (AvgIpc) is 2.80. The third kappa shape index (κ3) is 6.70. The van der Waals surface area contributed by atoms with Crippen LogP contribution in [0, 0.1) is 13.8 Å². The molecule has 3 aromatic carbocycles. The van der Waals surface area contributed by atoms with Crippen molar-refractivity contribution in [2.45, 2.75) is 51.3 Å². The van der Waals surface area contributed by atoms with Crippen molar-refractivity contribution in [1.82, 2.24) is 5.32 Å². The lowest BCUT2D eigenvalue weighted by Crippen LogP contribution is -2.41. The summed E-state index contributed by atoms with van der Waals surface area (Å²) in [4.78, 5) is 12.9. The minimum absolute atomic E-state index is 0.165. The Hall–Kier alpha value is -3.12. The van der Waals surface area contributed by atoms with Crippen molar-refractivity contribution >= 4 is 21.6 Å². The Labute approximate surface area is 203 Å². The highest BCUT2D eigenvalue weighted by atomic mass is 32.2. The fourth-order valence-corrected chi connectivity index (χ4v) is 5.17. The van der Waals surface area contributed by atoms with E-state index in [9.17, 15) is 13.2 Å². The maximum Gasteiger partial charge on any atom is 0.264 e. The fraction of sp³-hybridized carbons (Fsp3) is 0.321. The summed E-state index contributed by atoms with van der Waals surface area (Å²) in [6.07, 6.45) is 1.63. The van der Waals surface area contributed by atoms with Crippen LogP contribution in [-0.4, -0.2) is 27.4 Å². The van der Waals surface area contributed by atoms with Crippen LogP contribution in [0.15, 0.2) is 77.7 Å². The summed E-state index contributed by atoms with van der Waals surface area (Å²) < 4.78 is 28.2. The maximum absolute atomic E-state index is 13.5. The summed E-state index contributed by atoms with van der Waals surface area (Å²) in [6, 6.07) is 22.4. The zero-order valence-electron chi connectivity index (χ0n) is 20.4. The van der Waals surface area contributed by atoms with Crippen LogP contribution in [0.5, 0.6) is 0 Å². The molecule has 0 spiro atoms. The Bertz CT molecular complexity index is 1200. The van der Waals surface area contributed by atoms with E-state index < -0.39 is 10.0 Å². The van der Waals surface area contributed by atoms with Crippen molar-refractivity contribution < 1.29 is 13.2 Å². The molecule has 0 saturated carbocycles. The second-order valence-corrected chi connectivity index (χ2v) is 10.9. The van der Waals surface area contributed by atoms with E-state index in [4.69, 9.17) is 0 Å². The minimum atomic E-state index is -3.90. The molecule has 180 valence electrons. The number of benzene rings is 3. The molecule has 1 amide bonds. The third-order valence-corrected chi connectivity index (χ3v) is 7.58. The smallest absolute Gasteiger partial charge is 0.264 e. The van der Waals surface area contributed by atoms with Crippen molar-refractivity contribution in [2.75, 3.05) is 17.4 Å². The van der Waals surface area contributed by atoms with Gasteiger partial charge in [0.1, 0.15) is 6.54 Å². The first-order valence-corrected chi connectivity index (χ1v) is 13.1. The molecule has 0 radical (unpaired) electrons. The Morgan fingerprint density at radius 2 is 1.59 bits per heavy atom. The number of sulfonamides is 1. The molecule has 3 rings (SSSR count). The first kappa shape index (κ1) is 25.5. The monoisotopic (exact) mass is 478 g/mol. The van der Waals surface area contributed by atoms with E-state index >= 15 is 0 Å². The molecule has 0 fully saturated rings. The van der Waals surface area contributed by atoms with Gasteiger partial charge in [-0.3, -0.25) is 9.10 Å². The largest absolute Gasteiger partial charge is 0.355 e. The van der Waals surface area contributed by atoms with Gasteiger partial charge in [0.25, 0.3) is 10.0 Å². The van der Waals surface area contributed by atoms with Gasteiger partial charge in [-0.25, -0.2) is 8.42 Å². The van der Waals surface area contributed by atoms with E-state index in [0.29, 0.717) is 18.2 Å². The van der Waals surface area contributed by atoms with E-state index in [1.54, 1.807) is 36.4 Å². The second-order valence-electron chi connectivity index (χ2n) is 9.01. The summed E-state index contributed by atoms with van der Waals surface area (Å²) in [5, 5.41) is 2.88. The van der Waals surface area contributed by atoms with Gasteiger partial charge < -0.3 is 5.32 Å². The van der Waals surface area contributed by atoms with Crippen LogP contribution in [0.25, 0.3) is 0 Å². The summed E-state index contributed by atoms with van der Waals surface area (Å²) >= 11 is 0. The number of nitrogens with one attached hydrogen (secondary N) is 1. The van der Waals surface area contributed by atoms with Gasteiger partial charge in [0.05, 0.1) is 10.6 Å². The van der Waals surface area contributed by atoms with Gasteiger partial charge in [0, 0.05) is 6.54 Å². The summed E-state index contributed by atoms with van der Waals surface area (Å²) in [5.74, 6) is 0.000714. The summed E-state index contributed by atoms with van der Waals surface area (Å²) in [5.41, 5.74) is 4.99. The SMILES string of the molecule is Cc1ccc(S(=O)(=O)N(CC(=O)NCCCc2cccc(C)c2)c2ccc(C(C)C)cc2)cc1. The first-order valence-electron chi connectivity index (χ1n) is 11.7. The Kier molecular flexibility index (Phi) is 8.51. The molecule has 0 aromatic heterocycles. The molecule has 0 aliphatic carbocycles. The number of hydrogen-bond donors (Lipinski definition) is 1. The Balaban J connectivity index is 1.73. The van der Waals surface area contributed by atoms with Crippen molar-refractivity contribution in [3.63, 3.8) is 0 Å². The fourth-order valence-electron chi connectivity index (χ4n) is 3.75. The molecule has 0 heterocycles. The van der Waals surface area contributed by atoms with Gasteiger partial charge in [-0.2, -0.15) is 0 Å². The predicted octanol–water partition coefficient (Wildman–Crippen LogP) is 5.37. The van der Waals surface area contributed by atoms with Gasteiger partial charge >= 0.3 is 0 Å². The number of hydrogen-bond acceptors (Lipinski definition) is 3. The zero-order valence-corrected chi connectivity index (χ0v) is 21.2. The van der Waals surface area contributed by atoms with Crippen LogP contribution in [0.1, 0.15) is 48.4 Å². The molecule has 1 N–H and O–H groups in total. The molecular weight excluding hydrogens is 444 g/mol. The number of amides is 1. The molecular formula is C28H34N2O3S. The maximum atomic E-state index is 13.5. The van der Waals surface area contributed by atoms with Crippen LogP contribution in [-0.2, 0) is 21.2 Å². The highest BCUT2D eigenvalue weighted by molar-refractivity contribution is 7.92. The second kappa shape index (κ2) is 11.3. The number of aryl methyl sites for hydroxylation is 3. The van der Waals surface area contributed by atoms with Crippen LogP contribution in [0.4, 0.5) is 5.69 Å². The van der Waals surface area contributed by atoms with Crippen molar-refractivity contribution in [2.24, 2.45) is 0 Å². The van der Waals surface area contributed by atoms with Crippen LogP contribution >= 0.6 is 0 Å². The van der Waals surface area contributed by atoms with Crippen LogP contribution in [0.2, 0.25) is 0 Å². The van der Waals surface area contributed by atoms with Crippen molar-refractivity contribution in [3.05, 3.63) is 95.1 Å². The normalized spacial score (nSPS) is 11.4. The van der Waals surface area contributed by atoms with E-state index in [1.165, 1.54) is 15.4 Å². The quantitative estimate of drug-likeness (QED) is 0.398. The van der Waals surface area contributed by atoms with Gasteiger partial charge in [-0.05, 0) is 68.0 Å². The van der Waals surface area contributed by atoms with Crippen LogP contribution < -0.4 is 9.62 Å². The Morgan fingerprint density at radius 1 is 0.912 bits per heavy atom. The zero-order chi connectivity index (χ0) is 24.7. The molecule has 0 bridgehead atoms. The Morgan fingerprint density at radius 3 is 2.21 bits per heavy atom.